The molecular formula is C16H22N2O2. The van der Waals surface area contributed by atoms with Crippen molar-refractivity contribution in [3.63, 3.8) is 0 Å². The van der Waals surface area contributed by atoms with Gasteiger partial charge in [0.1, 0.15) is 6.04 Å². The van der Waals surface area contributed by atoms with E-state index in [1.54, 1.807) is 0 Å². The number of nitrogens with one attached hydrogen (secondary N) is 1. The number of likely N-dealkylation sites (N-methyl/N-ethyl adjacent to an activating group) is 1. The van der Waals surface area contributed by atoms with E-state index in [0.29, 0.717) is 0 Å². The number of hydrogen-bond acceptors (Lipinski definition) is 3. The zero-order valence-electron chi connectivity index (χ0n) is 12.0. The quantitative estimate of drug-likeness (QED) is 0.913. The molecule has 0 bridgehead atoms. The van der Waals surface area contributed by atoms with Gasteiger partial charge >= 0.3 is 0 Å². The third-order valence-electron chi connectivity index (χ3n) is 4.21. The minimum absolute atomic E-state index is 0.117. The number of carbonyl (C=O) groups excluding carboxylic acids is 1. The Morgan fingerprint density at radius 2 is 2.30 bits per heavy atom. The van der Waals surface area contributed by atoms with E-state index in [0.717, 1.165) is 44.6 Å². The van der Waals surface area contributed by atoms with E-state index in [1.807, 2.05) is 30.0 Å². The van der Waals surface area contributed by atoms with E-state index < -0.39 is 0 Å². The maximum Gasteiger partial charge on any atom is 0.245 e. The highest BCUT2D eigenvalue weighted by molar-refractivity contribution is 5.87. The highest BCUT2D eigenvalue weighted by Crippen LogP contribution is 2.26. The molecule has 0 aromatic heterocycles. The van der Waals surface area contributed by atoms with E-state index >= 15 is 0 Å². The Kier molecular flexibility index (Phi) is 3.92. The maximum absolute atomic E-state index is 12.6. The second-order valence-corrected chi connectivity index (χ2v) is 5.57. The minimum Gasteiger partial charge on any atom is -0.376 e. The molecule has 2 unspecified atom stereocenters. The van der Waals surface area contributed by atoms with Crippen LogP contribution in [0.25, 0.3) is 0 Å². The third kappa shape index (κ3) is 2.66. The van der Waals surface area contributed by atoms with Crippen LogP contribution < -0.4 is 5.32 Å². The van der Waals surface area contributed by atoms with E-state index in [2.05, 4.69) is 11.4 Å². The summed E-state index contributed by atoms with van der Waals surface area (Å²) in [6, 6.07) is 8.04. The van der Waals surface area contributed by atoms with Gasteiger partial charge in [-0.2, -0.15) is 0 Å². The number of benzene rings is 1. The summed E-state index contributed by atoms with van der Waals surface area (Å²) in [5.41, 5.74) is 2.33. The van der Waals surface area contributed by atoms with Crippen LogP contribution in [0.1, 0.15) is 25.3 Å². The molecule has 2 aliphatic heterocycles. The number of hydrogen-bond donors (Lipinski definition) is 1. The van der Waals surface area contributed by atoms with Crippen molar-refractivity contribution in [2.45, 2.75) is 38.3 Å². The van der Waals surface area contributed by atoms with Crippen molar-refractivity contribution in [3.05, 3.63) is 29.8 Å². The van der Waals surface area contributed by atoms with Crippen molar-refractivity contribution in [2.75, 3.05) is 25.0 Å². The summed E-state index contributed by atoms with van der Waals surface area (Å²) >= 11 is 0. The Morgan fingerprint density at radius 3 is 3.00 bits per heavy atom. The summed E-state index contributed by atoms with van der Waals surface area (Å²) in [6.45, 7) is 4.34. The zero-order valence-corrected chi connectivity index (χ0v) is 12.0. The summed E-state index contributed by atoms with van der Waals surface area (Å²) < 4.78 is 5.65. The van der Waals surface area contributed by atoms with Gasteiger partial charge in [0.25, 0.3) is 0 Å². The monoisotopic (exact) mass is 274 g/mol. The lowest BCUT2D eigenvalue weighted by molar-refractivity contribution is -0.133. The van der Waals surface area contributed by atoms with Gasteiger partial charge in [-0.25, -0.2) is 0 Å². The Hall–Kier alpha value is -1.55. The Labute approximate surface area is 120 Å². The molecule has 2 aliphatic rings. The van der Waals surface area contributed by atoms with E-state index in [1.165, 1.54) is 5.56 Å². The maximum atomic E-state index is 12.6. The third-order valence-corrected chi connectivity index (χ3v) is 4.21. The number of carbonyl (C=O) groups is 1. The van der Waals surface area contributed by atoms with Gasteiger partial charge in [-0.15, -0.1) is 0 Å². The van der Waals surface area contributed by atoms with Crippen LogP contribution in [0.15, 0.2) is 24.3 Å². The van der Waals surface area contributed by atoms with Crippen molar-refractivity contribution in [1.82, 2.24) is 4.90 Å². The number of nitrogens with zero attached hydrogens (tertiary/aromatic N) is 1. The fraction of sp³-hybridized carbons (Fsp3) is 0.562. The van der Waals surface area contributed by atoms with Crippen LogP contribution in [0.2, 0.25) is 0 Å². The lowest BCUT2D eigenvalue weighted by Crippen LogP contribution is -2.45. The predicted molar refractivity (Wildman–Crippen MR) is 78.8 cm³/mol. The standard InChI is InChI=1S/C16H22N2O2/c1-2-18(11-13-7-5-9-20-13)16(19)15-10-12-6-3-4-8-14(12)17-15/h3-4,6,8,13,15,17H,2,5,7,9-11H2,1H3. The SMILES string of the molecule is CCN(CC1CCCO1)C(=O)C1Cc2ccccc2N1. The van der Waals surface area contributed by atoms with Crippen molar-refractivity contribution in [2.24, 2.45) is 0 Å². The van der Waals surface area contributed by atoms with Gasteiger partial charge in [0.2, 0.25) is 5.91 Å². The average Bonchev–Trinajstić information content (AvgIpc) is 3.12. The van der Waals surface area contributed by atoms with Crippen LogP contribution in [0, 0.1) is 0 Å². The highest BCUT2D eigenvalue weighted by atomic mass is 16.5. The minimum atomic E-state index is -0.117. The molecule has 0 spiro atoms. The van der Waals surface area contributed by atoms with E-state index in [9.17, 15) is 4.79 Å². The number of fused-ring (bicyclic) bond motifs is 1. The summed E-state index contributed by atoms with van der Waals surface area (Å²) in [6.07, 6.45) is 3.20. The van der Waals surface area contributed by atoms with Gasteiger partial charge < -0.3 is 15.0 Å². The molecule has 1 saturated heterocycles. The lowest BCUT2D eigenvalue weighted by atomic mass is 10.1. The Balaban J connectivity index is 1.63. The Morgan fingerprint density at radius 1 is 1.45 bits per heavy atom. The summed E-state index contributed by atoms with van der Waals surface area (Å²) in [7, 11) is 0. The van der Waals surface area contributed by atoms with Crippen LogP contribution in [0.5, 0.6) is 0 Å². The summed E-state index contributed by atoms with van der Waals surface area (Å²) in [4.78, 5) is 14.6. The van der Waals surface area contributed by atoms with Crippen molar-refractivity contribution in [1.29, 1.82) is 0 Å². The molecule has 20 heavy (non-hydrogen) atoms. The second-order valence-electron chi connectivity index (χ2n) is 5.57. The molecule has 1 aromatic rings. The molecule has 1 aromatic carbocycles. The second kappa shape index (κ2) is 5.83. The largest absolute Gasteiger partial charge is 0.376 e. The molecule has 0 aliphatic carbocycles. The summed E-state index contributed by atoms with van der Waals surface area (Å²) in [5.74, 6) is 0.194. The summed E-state index contributed by atoms with van der Waals surface area (Å²) in [5, 5.41) is 3.34. The van der Waals surface area contributed by atoms with Gasteiger partial charge in [-0.05, 0) is 31.4 Å². The first-order chi connectivity index (χ1) is 9.78. The van der Waals surface area contributed by atoms with Gasteiger partial charge in [-0.1, -0.05) is 18.2 Å². The van der Waals surface area contributed by atoms with Crippen LogP contribution >= 0.6 is 0 Å². The van der Waals surface area contributed by atoms with Crippen molar-refractivity contribution in [3.8, 4) is 0 Å². The highest BCUT2D eigenvalue weighted by Gasteiger charge is 2.31. The van der Waals surface area contributed by atoms with Crippen LogP contribution in [-0.4, -0.2) is 42.6 Å². The normalized spacial score (nSPS) is 24.2. The van der Waals surface area contributed by atoms with Crippen molar-refractivity contribution >= 4 is 11.6 Å². The smallest absolute Gasteiger partial charge is 0.245 e. The molecule has 1 N–H and O–H groups in total. The molecule has 0 radical (unpaired) electrons. The van der Waals surface area contributed by atoms with Gasteiger partial charge in [0, 0.05) is 31.8 Å². The predicted octanol–water partition coefficient (Wildman–Crippen LogP) is 2.05. The zero-order chi connectivity index (χ0) is 13.9. The molecule has 3 rings (SSSR count). The molecule has 2 heterocycles. The number of rotatable bonds is 4. The molecule has 4 nitrogen and oxygen atoms in total. The van der Waals surface area contributed by atoms with E-state index in [-0.39, 0.29) is 18.1 Å². The Bertz CT molecular complexity index is 458. The van der Waals surface area contributed by atoms with E-state index in [4.69, 9.17) is 4.74 Å². The fourth-order valence-corrected chi connectivity index (χ4v) is 3.08. The first kappa shape index (κ1) is 13.4. The topological polar surface area (TPSA) is 41.6 Å². The van der Waals surface area contributed by atoms with Crippen LogP contribution in [0.3, 0.4) is 0 Å². The van der Waals surface area contributed by atoms with Crippen LogP contribution in [0.4, 0.5) is 5.69 Å². The van der Waals surface area contributed by atoms with Crippen molar-refractivity contribution < 1.29 is 9.53 Å². The molecule has 1 amide bonds. The molecule has 2 atom stereocenters. The van der Waals surface area contributed by atoms with Gasteiger partial charge in [0.15, 0.2) is 0 Å². The molecule has 1 fully saturated rings. The molecule has 0 saturated carbocycles. The number of anilines is 1. The first-order valence-electron chi connectivity index (χ1n) is 7.52. The molecular weight excluding hydrogens is 252 g/mol. The average molecular weight is 274 g/mol. The molecule has 4 heteroatoms. The van der Waals surface area contributed by atoms with Crippen LogP contribution in [-0.2, 0) is 16.0 Å². The van der Waals surface area contributed by atoms with Gasteiger partial charge in [0.05, 0.1) is 6.10 Å². The fourth-order valence-electron chi connectivity index (χ4n) is 3.08. The lowest BCUT2D eigenvalue weighted by Gasteiger charge is -2.26. The number of amides is 1. The molecule has 108 valence electrons. The van der Waals surface area contributed by atoms with Gasteiger partial charge in [-0.3, -0.25) is 4.79 Å². The number of ether oxygens (including phenoxy) is 1. The first-order valence-corrected chi connectivity index (χ1v) is 7.52. The number of para-hydroxylation sites is 1.